The third kappa shape index (κ3) is 4.57. The molecule has 0 unspecified atom stereocenters. The van der Waals surface area contributed by atoms with Gasteiger partial charge in [-0.15, -0.1) is 11.3 Å². The van der Waals surface area contributed by atoms with Crippen LogP contribution in [0.4, 0.5) is 11.5 Å². The van der Waals surface area contributed by atoms with Crippen molar-refractivity contribution in [3.63, 3.8) is 0 Å². The summed E-state index contributed by atoms with van der Waals surface area (Å²) < 4.78 is 1.79. The third-order valence-electron chi connectivity index (χ3n) is 4.47. The molecule has 0 bridgehead atoms. The van der Waals surface area contributed by atoms with Crippen LogP contribution in [-0.2, 0) is 4.79 Å². The molecule has 0 aliphatic carbocycles. The molecule has 0 fully saturated rings. The number of hydrogen-bond acceptors (Lipinski definition) is 6. The van der Waals surface area contributed by atoms with Gasteiger partial charge in [0.1, 0.15) is 11.6 Å². The van der Waals surface area contributed by atoms with Gasteiger partial charge in [-0.05, 0) is 30.7 Å². The fraction of sp³-hybridized carbons (Fsp3) is 0.0455. The molecule has 31 heavy (non-hydrogen) atoms. The quantitative estimate of drug-likeness (QED) is 0.267. The van der Waals surface area contributed by atoms with E-state index in [0.29, 0.717) is 22.3 Å². The van der Waals surface area contributed by atoms with Crippen molar-refractivity contribution in [1.29, 1.82) is 0 Å². The summed E-state index contributed by atoms with van der Waals surface area (Å²) in [4.78, 5) is 31.7. The van der Waals surface area contributed by atoms with Crippen LogP contribution in [-0.4, -0.2) is 25.4 Å². The van der Waals surface area contributed by atoms with Crippen LogP contribution in [0.1, 0.15) is 11.4 Å². The Morgan fingerprint density at radius 1 is 1.16 bits per heavy atom. The number of non-ortho nitro benzene ring substituents is 1. The smallest absolute Gasteiger partial charge is 0.269 e. The summed E-state index contributed by atoms with van der Waals surface area (Å²) in [6.45, 7) is 1.84. The summed E-state index contributed by atoms with van der Waals surface area (Å²) in [5, 5.41) is 16.2. The van der Waals surface area contributed by atoms with E-state index in [1.807, 2.05) is 42.6 Å². The molecule has 0 atom stereocenters. The van der Waals surface area contributed by atoms with Crippen LogP contribution >= 0.6 is 11.3 Å². The maximum atomic E-state index is 12.4. The molecule has 2 aromatic carbocycles. The number of imidazole rings is 1. The average molecular weight is 431 g/mol. The Morgan fingerprint density at radius 2 is 1.90 bits per heavy atom. The normalized spacial score (nSPS) is 11.0. The highest BCUT2D eigenvalue weighted by Gasteiger charge is 2.14. The zero-order chi connectivity index (χ0) is 21.8. The fourth-order valence-electron chi connectivity index (χ4n) is 2.93. The maximum absolute atomic E-state index is 12.4. The second-order valence-corrected chi connectivity index (χ2v) is 7.42. The van der Waals surface area contributed by atoms with Crippen molar-refractivity contribution in [2.45, 2.75) is 6.92 Å². The molecule has 154 valence electrons. The molecule has 2 aromatic heterocycles. The minimum Gasteiger partial charge on any atom is -0.307 e. The minimum absolute atomic E-state index is 0.000650. The molecule has 1 amide bonds. The lowest BCUT2D eigenvalue weighted by atomic mass is 10.2. The van der Waals surface area contributed by atoms with Crippen LogP contribution < -0.4 is 5.32 Å². The van der Waals surface area contributed by atoms with E-state index >= 15 is 0 Å². The topological polar surface area (TPSA) is 103 Å². The van der Waals surface area contributed by atoms with E-state index in [2.05, 4.69) is 15.3 Å². The van der Waals surface area contributed by atoms with Gasteiger partial charge in [0, 0.05) is 29.2 Å². The molecule has 1 N–H and O–H groups in total. The highest BCUT2D eigenvalue weighted by molar-refractivity contribution is 7.12. The van der Waals surface area contributed by atoms with Crippen molar-refractivity contribution >= 4 is 34.8 Å². The van der Waals surface area contributed by atoms with Gasteiger partial charge in [-0.2, -0.15) is 0 Å². The summed E-state index contributed by atoms with van der Waals surface area (Å²) in [5.74, 6) is 0.854. The number of aromatic nitrogens is 3. The molecule has 8 nitrogen and oxygen atoms in total. The van der Waals surface area contributed by atoms with E-state index in [-0.39, 0.29) is 11.6 Å². The standard InChI is InChI=1S/C22H17N5O3S/c1-15-23-13-20(25-21(28)12-9-16-7-10-18(11-8-16)27(29)30)26(15)22-24-19(14-31-22)17-5-3-2-4-6-17/h2-14H,1H3,(H,25,28)/b12-9+. The molecule has 0 saturated heterocycles. The van der Waals surface area contributed by atoms with Crippen molar-refractivity contribution < 1.29 is 9.72 Å². The van der Waals surface area contributed by atoms with E-state index < -0.39 is 4.92 Å². The highest BCUT2D eigenvalue weighted by Crippen LogP contribution is 2.27. The van der Waals surface area contributed by atoms with Crippen molar-refractivity contribution in [2.75, 3.05) is 5.32 Å². The first-order chi connectivity index (χ1) is 15.0. The second kappa shape index (κ2) is 8.72. The number of aryl methyl sites for hydroxylation is 1. The summed E-state index contributed by atoms with van der Waals surface area (Å²) in [6, 6.07) is 15.8. The van der Waals surface area contributed by atoms with Crippen LogP contribution in [0, 0.1) is 17.0 Å². The van der Waals surface area contributed by atoms with Crippen LogP contribution in [0.25, 0.3) is 22.5 Å². The van der Waals surface area contributed by atoms with Gasteiger partial charge in [0.25, 0.3) is 5.69 Å². The number of anilines is 1. The number of amides is 1. The third-order valence-corrected chi connectivity index (χ3v) is 5.30. The van der Waals surface area contributed by atoms with Crippen molar-refractivity contribution in [2.24, 2.45) is 0 Å². The summed E-state index contributed by atoms with van der Waals surface area (Å²) in [6.07, 6.45) is 4.53. The number of benzene rings is 2. The van der Waals surface area contributed by atoms with Gasteiger partial charge in [0.15, 0.2) is 5.13 Å². The lowest BCUT2D eigenvalue weighted by Gasteiger charge is -2.07. The molecule has 0 radical (unpaired) electrons. The predicted molar refractivity (Wildman–Crippen MR) is 120 cm³/mol. The number of nitrogens with zero attached hydrogens (tertiary/aromatic N) is 4. The van der Waals surface area contributed by atoms with Gasteiger partial charge < -0.3 is 5.32 Å². The largest absolute Gasteiger partial charge is 0.307 e. The number of nitro benzene ring substituents is 1. The fourth-order valence-corrected chi connectivity index (χ4v) is 3.82. The van der Waals surface area contributed by atoms with Crippen molar-refractivity contribution in [3.8, 4) is 16.4 Å². The van der Waals surface area contributed by atoms with Crippen LogP contribution in [0.5, 0.6) is 0 Å². The lowest BCUT2D eigenvalue weighted by molar-refractivity contribution is -0.384. The number of carbonyl (C=O) groups excluding carboxylic acids is 1. The van der Waals surface area contributed by atoms with Crippen LogP contribution in [0.2, 0.25) is 0 Å². The van der Waals surface area contributed by atoms with Crippen LogP contribution in [0.15, 0.2) is 72.3 Å². The summed E-state index contributed by atoms with van der Waals surface area (Å²) in [5.41, 5.74) is 2.54. The second-order valence-electron chi connectivity index (χ2n) is 6.58. The Labute approximate surface area is 181 Å². The molecule has 2 heterocycles. The molecule has 0 spiro atoms. The Balaban J connectivity index is 1.51. The predicted octanol–water partition coefficient (Wildman–Crippen LogP) is 4.86. The Hall–Kier alpha value is -4.11. The Bertz CT molecular complexity index is 1260. The molecular weight excluding hydrogens is 414 g/mol. The molecule has 4 aromatic rings. The Kier molecular flexibility index (Phi) is 5.67. The van der Waals surface area contributed by atoms with E-state index in [1.165, 1.54) is 29.5 Å². The first kappa shape index (κ1) is 20.2. The first-order valence-corrected chi connectivity index (χ1v) is 10.2. The van der Waals surface area contributed by atoms with E-state index in [1.54, 1.807) is 29.0 Å². The highest BCUT2D eigenvalue weighted by atomic mass is 32.1. The van der Waals surface area contributed by atoms with E-state index in [9.17, 15) is 14.9 Å². The van der Waals surface area contributed by atoms with Gasteiger partial charge in [-0.25, -0.2) is 9.97 Å². The van der Waals surface area contributed by atoms with Gasteiger partial charge >= 0.3 is 0 Å². The van der Waals surface area contributed by atoms with Gasteiger partial charge in [-0.1, -0.05) is 30.3 Å². The molecule has 0 aliphatic rings. The van der Waals surface area contributed by atoms with E-state index in [4.69, 9.17) is 0 Å². The van der Waals surface area contributed by atoms with E-state index in [0.717, 1.165) is 11.3 Å². The number of thiazole rings is 1. The minimum atomic E-state index is -0.467. The molecule has 0 aliphatic heterocycles. The van der Waals surface area contributed by atoms with Gasteiger partial charge in [0.05, 0.1) is 16.8 Å². The zero-order valence-electron chi connectivity index (χ0n) is 16.4. The van der Waals surface area contributed by atoms with Crippen molar-refractivity contribution in [1.82, 2.24) is 14.5 Å². The maximum Gasteiger partial charge on any atom is 0.269 e. The first-order valence-electron chi connectivity index (χ1n) is 9.30. The number of nitrogens with one attached hydrogen (secondary N) is 1. The number of hydrogen-bond donors (Lipinski definition) is 1. The van der Waals surface area contributed by atoms with Gasteiger partial charge in [0.2, 0.25) is 5.91 Å². The number of nitro groups is 1. The molecule has 9 heteroatoms. The monoisotopic (exact) mass is 431 g/mol. The lowest BCUT2D eigenvalue weighted by Crippen LogP contribution is -2.12. The van der Waals surface area contributed by atoms with Crippen molar-refractivity contribution in [3.05, 3.63) is 93.8 Å². The van der Waals surface area contributed by atoms with Gasteiger partial charge in [-0.3, -0.25) is 19.5 Å². The molecule has 0 saturated carbocycles. The zero-order valence-corrected chi connectivity index (χ0v) is 17.2. The summed E-state index contributed by atoms with van der Waals surface area (Å²) >= 11 is 1.46. The number of rotatable bonds is 6. The average Bonchev–Trinajstić information content (AvgIpc) is 3.40. The SMILES string of the molecule is Cc1ncc(NC(=O)/C=C/c2ccc([N+](=O)[O-])cc2)n1-c1nc(-c2ccccc2)cs1. The molecular formula is C22H17N5O3S. The summed E-state index contributed by atoms with van der Waals surface area (Å²) in [7, 11) is 0. The number of carbonyl (C=O) groups is 1. The molecule has 4 rings (SSSR count). The Morgan fingerprint density at radius 3 is 2.61 bits per heavy atom. The van der Waals surface area contributed by atoms with Crippen LogP contribution in [0.3, 0.4) is 0 Å².